The van der Waals surface area contributed by atoms with E-state index in [1.54, 1.807) is 13.2 Å². The summed E-state index contributed by atoms with van der Waals surface area (Å²) in [5.41, 5.74) is 0.998. The van der Waals surface area contributed by atoms with Crippen LogP contribution < -0.4 is 10.1 Å². The lowest BCUT2D eigenvalue weighted by Gasteiger charge is -2.09. The Morgan fingerprint density at radius 3 is 2.56 bits per heavy atom. The van der Waals surface area contributed by atoms with Crippen LogP contribution in [0, 0.1) is 0 Å². The standard InChI is InChI=1S/C15H19NO2/c1-18-14-9-6-12(7-10-14)8-11-15(17)16-13-4-2-3-5-13/h6-11,13H,2-5H2,1H3,(H,16,17)/b11-8+. The third-order valence-electron chi connectivity index (χ3n) is 3.24. The van der Waals surface area contributed by atoms with Gasteiger partial charge in [-0.1, -0.05) is 25.0 Å². The molecular formula is C15H19NO2. The normalized spacial score (nSPS) is 16.1. The van der Waals surface area contributed by atoms with Crippen LogP contribution in [-0.4, -0.2) is 19.1 Å². The van der Waals surface area contributed by atoms with Crippen molar-refractivity contribution < 1.29 is 9.53 Å². The molecule has 3 nitrogen and oxygen atoms in total. The average molecular weight is 245 g/mol. The number of hydrogen-bond acceptors (Lipinski definition) is 2. The number of amides is 1. The van der Waals surface area contributed by atoms with Crippen molar-refractivity contribution in [1.82, 2.24) is 5.32 Å². The minimum absolute atomic E-state index is 0.00211. The van der Waals surface area contributed by atoms with Gasteiger partial charge in [-0.15, -0.1) is 0 Å². The summed E-state index contributed by atoms with van der Waals surface area (Å²) >= 11 is 0. The second-order valence-corrected chi connectivity index (χ2v) is 4.60. The Morgan fingerprint density at radius 2 is 1.94 bits per heavy atom. The first kappa shape index (κ1) is 12.7. The van der Waals surface area contributed by atoms with E-state index in [0.29, 0.717) is 6.04 Å². The number of rotatable bonds is 4. The summed E-state index contributed by atoms with van der Waals surface area (Å²) in [5, 5.41) is 3.02. The molecule has 1 aromatic rings. The van der Waals surface area contributed by atoms with Crippen LogP contribution in [-0.2, 0) is 4.79 Å². The Bertz CT molecular complexity index is 417. The van der Waals surface area contributed by atoms with Crippen molar-refractivity contribution in [3.05, 3.63) is 35.9 Å². The van der Waals surface area contributed by atoms with Crippen LogP contribution in [0.3, 0.4) is 0 Å². The highest BCUT2D eigenvalue weighted by molar-refractivity contribution is 5.91. The lowest BCUT2D eigenvalue weighted by Crippen LogP contribution is -2.30. The highest BCUT2D eigenvalue weighted by atomic mass is 16.5. The highest BCUT2D eigenvalue weighted by Gasteiger charge is 2.15. The smallest absolute Gasteiger partial charge is 0.244 e. The van der Waals surface area contributed by atoms with E-state index < -0.39 is 0 Å². The maximum Gasteiger partial charge on any atom is 0.244 e. The van der Waals surface area contributed by atoms with Gasteiger partial charge in [0.15, 0.2) is 0 Å². The van der Waals surface area contributed by atoms with Gasteiger partial charge in [0.2, 0.25) is 5.91 Å². The van der Waals surface area contributed by atoms with Crippen LogP contribution in [0.2, 0.25) is 0 Å². The highest BCUT2D eigenvalue weighted by Crippen LogP contribution is 2.17. The van der Waals surface area contributed by atoms with Gasteiger partial charge in [0, 0.05) is 12.1 Å². The first-order valence-electron chi connectivity index (χ1n) is 6.40. The maximum absolute atomic E-state index is 11.7. The van der Waals surface area contributed by atoms with Crippen molar-refractivity contribution in [1.29, 1.82) is 0 Å². The van der Waals surface area contributed by atoms with Gasteiger partial charge < -0.3 is 10.1 Å². The van der Waals surface area contributed by atoms with Gasteiger partial charge in [-0.25, -0.2) is 0 Å². The molecule has 0 heterocycles. The predicted molar refractivity (Wildman–Crippen MR) is 72.4 cm³/mol. The van der Waals surface area contributed by atoms with Crippen molar-refractivity contribution in [2.45, 2.75) is 31.7 Å². The minimum atomic E-state index is -0.00211. The zero-order chi connectivity index (χ0) is 12.8. The van der Waals surface area contributed by atoms with Gasteiger partial charge in [0.25, 0.3) is 0 Å². The number of ether oxygens (including phenoxy) is 1. The van der Waals surface area contributed by atoms with E-state index in [9.17, 15) is 4.79 Å². The molecule has 0 radical (unpaired) electrons. The number of methoxy groups -OCH3 is 1. The van der Waals surface area contributed by atoms with E-state index in [-0.39, 0.29) is 5.91 Å². The Balaban J connectivity index is 1.86. The topological polar surface area (TPSA) is 38.3 Å². The second-order valence-electron chi connectivity index (χ2n) is 4.60. The monoisotopic (exact) mass is 245 g/mol. The lowest BCUT2D eigenvalue weighted by atomic mass is 10.2. The summed E-state index contributed by atoms with van der Waals surface area (Å²) in [6.45, 7) is 0. The summed E-state index contributed by atoms with van der Waals surface area (Å²) in [7, 11) is 1.64. The van der Waals surface area contributed by atoms with Crippen molar-refractivity contribution >= 4 is 12.0 Å². The molecule has 96 valence electrons. The molecule has 2 rings (SSSR count). The summed E-state index contributed by atoms with van der Waals surface area (Å²) < 4.78 is 5.08. The van der Waals surface area contributed by atoms with E-state index in [1.165, 1.54) is 12.8 Å². The van der Waals surface area contributed by atoms with Gasteiger partial charge >= 0.3 is 0 Å². The number of benzene rings is 1. The fraction of sp³-hybridized carbons (Fsp3) is 0.400. The van der Waals surface area contributed by atoms with E-state index in [4.69, 9.17) is 4.74 Å². The molecule has 0 bridgehead atoms. The molecule has 1 aliphatic rings. The molecule has 1 aliphatic carbocycles. The maximum atomic E-state index is 11.7. The zero-order valence-electron chi connectivity index (χ0n) is 10.7. The molecule has 0 atom stereocenters. The zero-order valence-corrected chi connectivity index (χ0v) is 10.7. The molecule has 0 aromatic heterocycles. The molecule has 1 amide bonds. The third-order valence-corrected chi connectivity index (χ3v) is 3.24. The molecule has 0 spiro atoms. The van der Waals surface area contributed by atoms with Gasteiger partial charge in [-0.3, -0.25) is 4.79 Å². The predicted octanol–water partition coefficient (Wildman–Crippen LogP) is 2.77. The minimum Gasteiger partial charge on any atom is -0.497 e. The van der Waals surface area contributed by atoms with E-state index in [0.717, 1.165) is 24.2 Å². The fourth-order valence-electron chi connectivity index (χ4n) is 2.21. The van der Waals surface area contributed by atoms with Crippen LogP contribution in [0.15, 0.2) is 30.3 Å². The summed E-state index contributed by atoms with van der Waals surface area (Å²) in [6, 6.07) is 8.00. The Morgan fingerprint density at radius 1 is 1.28 bits per heavy atom. The molecule has 0 unspecified atom stereocenters. The Labute approximate surface area is 108 Å². The second kappa shape index (κ2) is 6.24. The van der Waals surface area contributed by atoms with Crippen molar-refractivity contribution in [2.75, 3.05) is 7.11 Å². The Kier molecular flexibility index (Phi) is 4.40. The number of nitrogens with one attached hydrogen (secondary N) is 1. The summed E-state index contributed by atoms with van der Waals surface area (Å²) in [6.07, 6.45) is 8.11. The number of carbonyl (C=O) groups is 1. The van der Waals surface area contributed by atoms with Crippen LogP contribution in [0.5, 0.6) is 5.75 Å². The van der Waals surface area contributed by atoms with Crippen molar-refractivity contribution in [3.8, 4) is 5.75 Å². The first-order chi connectivity index (χ1) is 8.78. The van der Waals surface area contributed by atoms with Crippen LogP contribution in [0.25, 0.3) is 6.08 Å². The van der Waals surface area contributed by atoms with Gasteiger partial charge in [0.1, 0.15) is 5.75 Å². The van der Waals surface area contributed by atoms with Gasteiger partial charge in [-0.05, 0) is 36.6 Å². The van der Waals surface area contributed by atoms with E-state index >= 15 is 0 Å². The molecular weight excluding hydrogens is 226 g/mol. The molecule has 0 saturated heterocycles. The molecule has 1 saturated carbocycles. The molecule has 1 aromatic carbocycles. The summed E-state index contributed by atoms with van der Waals surface area (Å²) in [4.78, 5) is 11.7. The molecule has 18 heavy (non-hydrogen) atoms. The number of carbonyl (C=O) groups excluding carboxylic acids is 1. The average Bonchev–Trinajstić information content (AvgIpc) is 2.90. The first-order valence-corrected chi connectivity index (χ1v) is 6.40. The molecule has 0 aliphatic heterocycles. The van der Waals surface area contributed by atoms with Crippen LogP contribution in [0.1, 0.15) is 31.2 Å². The Hall–Kier alpha value is -1.77. The number of hydrogen-bond donors (Lipinski definition) is 1. The molecule has 3 heteroatoms. The van der Waals surface area contributed by atoms with Crippen LogP contribution >= 0.6 is 0 Å². The molecule has 1 N–H and O–H groups in total. The van der Waals surface area contributed by atoms with Gasteiger partial charge in [0.05, 0.1) is 7.11 Å². The van der Waals surface area contributed by atoms with Crippen LogP contribution in [0.4, 0.5) is 0 Å². The van der Waals surface area contributed by atoms with Crippen molar-refractivity contribution in [3.63, 3.8) is 0 Å². The lowest BCUT2D eigenvalue weighted by molar-refractivity contribution is -0.117. The quantitative estimate of drug-likeness (QED) is 0.828. The van der Waals surface area contributed by atoms with E-state index in [2.05, 4.69) is 5.32 Å². The molecule has 1 fully saturated rings. The van der Waals surface area contributed by atoms with Crippen molar-refractivity contribution in [2.24, 2.45) is 0 Å². The third kappa shape index (κ3) is 3.62. The fourth-order valence-corrected chi connectivity index (χ4v) is 2.21. The van der Waals surface area contributed by atoms with E-state index in [1.807, 2.05) is 30.3 Å². The van der Waals surface area contributed by atoms with Gasteiger partial charge in [-0.2, -0.15) is 0 Å². The summed E-state index contributed by atoms with van der Waals surface area (Å²) in [5.74, 6) is 0.820. The SMILES string of the molecule is COc1ccc(/C=C/C(=O)NC2CCCC2)cc1. The largest absolute Gasteiger partial charge is 0.497 e.